The van der Waals surface area contributed by atoms with Crippen LogP contribution < -0.4 is 10.0 Å². The van der Waals surface area contributed by atoms with Gasteiger partial charge in [-0.2, -0.15) is 0 Å². The second-order valence-electron chi connectivity index (χ2n) is 6.14. The normalized spacial score (nSPS) is 11.2. The predicted molar refractivity (Wildman–Crippen MR) is 108 cm³/mol. The lowest BCUT2D eigenvalue weighted by Gasteiger charge is -2.13. The molecule has 0 spiro atoms. The average Bonchev–Trinajstić information content (AvgIpc) is 2.66. The van der Waals surface area contributed by atoms with Crippen LogP contribution >= 0.6 is 11.6 Å². The van der Waals surface area contributed by atoms with Gasteiger partial charge in [0.25, 0.3) is 15.9 Å². The number of aryl methyl sites for hydroxylation is 1. The van der Waals surface area contributed by atoms with E-state index in [-0.39, 0.29) is 26.9 Å². The van der Waals surface area contributed by atoms with E-state index < -0.39 is 27.6 Å². The van der Waals surface area contributed by atoms with Crippen molar-refractivity contribution in [2.24, 2.45) is 0 Å². The molecule has 0 aliphatic carbocycles. The summed E-state index contributed by atoms with van der Waals surface area (Å²) in [6.07, 6.45) is 0. The highest BCUT2D eigenvalue weighted by atomic mass is 35.5. The number of halogens is 3. The van der Waals surface area contributed by atoms with Gasteiger partial charge < -0.3 is 5.32 Å². The van der Waals surface area contributed by atoms with E-state index in [1.807, 2.05) is 0 Å². The molecular formula is C20H15ClF2N2O3S. The first-order valence-electron chi connectivity index (χ1n) is 8.32. The van der Waals surface area contributed by atoms with Crippen molar-refractivity contribution in [1.82, 2.24) is 0 Å². The van der Waals surface area contributed by atoms with Crippen LogP contribution in [0.5, 0.6) is 0 Å². The zero-order valence-electron chi connectivity index (χ0n) is 15.0. The number of rotatable bonds is 5. The molecule has 150 valence electrons. The molecule has 0 aromatic heterocycles. The number of anilines is 2. The van der Waals surface area contributed by atoms with Gasteiger partial charge in [0.1, 0.15) is 11.6 Å². The Bertz CT molecular complexity index is 1200. The van der Waals surface area contributed by atoms with Gasteiger partial charge in [-0.15, -0.1) is 0 Å². The Labute approximate surface area is 171 Å². The van der Waals surface area contributed by atoms with Crippen LogP contribution in [-0.2, 0) is 10.0 Å². The van der Waals surface area contributed by atoms with Gasteiger partial charge in [-0.1, -0.05) is 29.8 Å². The Kier molecular flexibility index (Phi) is 5.86. The van der Waals surface area contributed by atoms with Crippen molar-refractivity contribution in [3.63, 3.8) is 0 Å². The molecule has 0 unspecified atom stereocenters. The highest BCUT2D eigenvalue weighted by molar-refractivity contribution is 7.92. The quantitative estimate of drug-likeness (QED) is 0.592. The highest BCUT2D eigenvalue weighted by Gasteiger charge is 2.20. The van der Waals surface area contributed by atoms with Gasteiger partial charge in [0, 0.05) is 10.7 Å². The summed E-state index contributed by atoms with van der Waals surface area (Å²) in [5, 5.41) is 2.62. The Morgan fingerprint density at radius 2 is 1.69 bits per heavy atom. The van der Waals surface area contributed by atoms with Crippen LogP contribution in [0.15, 0.2) is 65.6 Å². The molecule has 0 atom stereocenters. The molecule has 2 N–H and O–H groups in total. The van der Waals surface area contributed by atoms with Gasteiger partial charge in [0.2, 0.25) is 0 Å². The number of sulfonamides is 1. The average molecular weight is 437 g/mol. The number of carbonyl (C=O) groups is 1. The summed E-state index contributed by atoms with van der Waals surface area (Å²) in [4.78, 5) is 12.2. The van der Waals surface area contributed by atoms with E-state index in [2.05, 4.69) is 10.0 Å². The van der Waals surface area contributed by atoms with Gasteiger partial charge in [-0.25, -0.2) is 17.2 Å². The molecule has 0 saturated heterocycles. The van der Waals surface area contributed by atoms with Crippen LogP contribution in [0, 0.1) is 18.6 Å². The van der Waals surface area contributed by atoms with Crippen molar-refractivity contribution in [2.75, 3.05) is 10.0 Å². The van der Waals surface area contributed by atoms with Crippen molar-refractivity contribution in [1.29, 1.82) is 0 Å². The van der Waals surface area contributed by atoms with Crippen molar-refractivity contribution >= 4 is 38.9 Å². The third-order valence-corrected chi connectivity index (χ3v) is 5.77. The highest BCUT2D eigenvalue weighted by Crippen LogP contribution is 2.25. The maximum absolute atomic E-state index is 13.9. The molecule has 0 bridgehead atoms. The molecule has 3 rings (SSSR count). The number of amides is 1. The van der Waals surface area contributed by atoms with E-state index in [4.69, 9.17) is 11.6 Å². The minimum atomic E-state index is -4.14. The molecule has 0 aliphatic heterocycles. The van der Waals surface area contributed by atoms with E-state index in [9.17, 15) is 22.0 Å². The maximum atomic E-state index is 13.9. The van der Waals surface area contributed by atoms with E-state index in [1.54, 1.807) is 6.92 Å². The SMILES string of the molecule is Cc1ccc(NC(=O)c2cc(Cl)ccc2F)cc1S(=O)(=O)Nc1ccccc1F. The third kappa shape index (κ3) is 4.72. The topological polar surface area (TPSA) is 75.3 Å². The number of hydrogen-bond donors (Lipinski definition) is 2. The molecule has 0 heterocycles. The minimum Gasteiger partial charge on any atom is -0.322 e. The first kappa shape index (κ1) is 20.8. The summed E-state index contributed by atoms with van der Waals surface area (Å²) in [5.41, 5.74) is 0.00367. The number of carbonyl (C=O) groups excluding carboxylic acids is 1. The molecule has 0 saturated carbocycles. The lowest BCUT2D eigenvalue weighted by molar-refractivity contribution is 0.102. The number of nitrogens with one attached hydrogen (secondary N) is 2. The van der Waals surface area contributed by atoms with Crippen LogP contribution in [0.3, 0.4) is 0 Å². The molecule has 0 radical (unpaired) electrons. The first-order chi connectivity index (χ1) is 13.7. The van der Waals surface area contributed by atoms with Crippen LogP contribution in [0.1, 0.15) is 15.9 Å². The fraction of sp³-hybridized carbons (Fsp3) is 0.0500. The summed E-state index contributed by atoms with van der Waals surface area (Å²) < 4.78 is 55.3. The molecule has 0 fully saturated rings. The molecular weight excluding hydrogens is 422 g/mol. The predicted octanol–water partition coefficient (Wildman–Crippen LogP) is 4.98. The molecule has 3 aromatic carbocycles. The van der Waals surface area contributed by atoms with Crippen LogP contribution in [0.2, 0.25) is 5.02 Å². The summed E-state index contributed by atoms with van der Waals surface area (Å²) in [6, 6.07) is 13.0. The standard InChI is InChI=1S/C20H15ClF2N2O3S/c1-12-6-8-14(24-20(26)15-10-13(21)7-9-16(15)22)11-19(12)29(27,28)25-18-5-3-2-4-17(18)23/h2-11,25H,1H3,(H,24,26). The summed E-state index contributed by atoms with van der Waals surface area (Å²) >= 11 is 5.79. The fourth-order valence-electron chi connectivity index (χ4n) is 2.58. The molecule has 5 nitrogen and oxygen atoms in total. The van der Waals surface area contributed by atoms with E-state index in [0.29, 0.717) is 5.56 Å². The lowest BCUT2D eigenvalue weighted by atomic mass is 10.2. The lowest BCUT2D eigenvalue weighted by Crippen LogP contribution is -2.17. The zero-order valence-corrected chi connectivity index (χ0v) is 16.6. The Morgan fingerprint density at radius 1 is 0.966 bits per heavy atom. The molecule has 9 heteroatoms. The molecule has 3 aromatic rings. The summed E-state index contributed by atoms with van der Waals surface area (Å²) in [5.74, 6) is -2.29. The van der Waals surface area contributed by atoms with Crippen molar-refractivity contribution in [3.8, 4) is 0 Å². The van der Waals surface area contributed by atoms with Gasteiger partial charge in [-0.3, -0.25) is 9.52 Å². The minimum absolute atomic E-state index is 0.119. The summed E-state index contributed by atoms with van der Waals surface area (Å²) in [6.45, 7) is 1.55. The third-order valence-electron chi connectivity index (χ3n) is 4.03. The second kappa shape index (κ2) is 8.18. The zero-order chi connectivity index (χ0) is 21.2. The van der Waals surface area contributed by atoms with Gasteiger partial charge in [-0.05, 0) is 55.0 Å². The van der Waals surface area contributed by atoms with Crippen LogP contribution in [0.25, 0.3) is 0 Å². The fourth-order valence-corrected chi connectivity index (χ4v) is 4.09. The largest absolute Gasteiger partial charge is 0.322 e. The Balaban J connectivity index is 1.91. The van der Waals surface area contributed by atoms with Gasteiger partial charge in [0.15, 0.2) is 0 Å². The maximum Gasteiger partial charge on any atom is 0.262 e. The Morgan fingerprint density at radius 3 is 2.41 bits per heavy atom. The first-order valence-corrected chi connectivity index (χ1v) is 10.2. The van der Waals surface area contributed by atoms with Gasteiger partial charge in [0.05, 0.1) is 16.1 Å². The van der Waals surface area contributed by atoms with Crippen LogP contribution in [0.4, 0.5) is 20.2 Å². The summed E-state index contributed by atoms with van der Waals surface area (Å²) in [7, 11) is -4.14. The van der Waals surface area contributed by atoms with Crippen molar-refractivity contribution < 1.29 is 22.0 Å². The molecule has 0 aliphatic rings. The van der Waals surface area contributed by atoms with Gasteiger partial charge >= 0.3 is 0 Å². The molecule has 1 amide bonds. The number of hydrogen-bond acceptors (Lipinski definition) is 3. The van der Waals surface area contributed by atoms with E-state index in [1.165, 1.54) is 42.5 Å². The second-order valence-corrected chi connectivity index (χ2v) is 8.23. The molecule has 29 heavy (non-hydrogen) atoms. The number of benzene rings is 3. The monoisotopic (exact) mass is 436 g/mol. The smallest absolute Gasteiger partial charge is 0.262 e. The Hall–Kier alpha value is -2.97. The van der Waals surface area contributed by atoms with E-state index >= 15 is 0 Å². The number of para-hydroxylation sites is 1. The van der Waals surface area contributed by atoms with Crippen molar-refractivity contribution in [3.05, 3.63) is 88.4 Å². The van der Waals surface area contributed by atoms with Crippen molar-refractivity contribution in [2.45, 2.75) is 11.8 Å². The van der Waals surface area contributed by atoms with E-state index in [0.717, 1.165) is 18.2 Å². The van der Waals surface area contributed by atoms with Crippen LogP contribution in [-0.4, -0.2) is 14.3 Å².